The lowest BCUT2D eigenvalue weighted by Gasteiger charge is -2.04. The Labute approximate surface area is 130 Å². The standard InChI is InChI=1S/C17H26O5/c1-2-3-4-5-6-7-8-9-10-11-12-22-17-15(20)13(18)14(19)16(17)21/h20H,2-12H2,1H3. The zero-order chi connectivity index (χ0) is 16.4. The van der Waals surface area contributed by atoms with Gasteiger partial charge in [0.15, 0.2) is 0 Å². The van der Waals surface area contributed by atoms with E-state index in [9.17, 15) is 19.5 Å². The van der Waals surface area contributed by atoms with Crippen molar-refractivity contribution in [3.05, 3.63) is 30.7 Å². The van der Waals surface area contributed by atoms with Gasteiger partial charge in [0.25, 0.3) is 16.3 Å². The Morgan fingerprint density at radius 2 is 1.23 bits per heavy atom. The molecule has 0 unspecified atom stereocenters. The molecular formula is C17H26O5. The molecule has 0 saturated carbocycles. The van der Waals surface area contributed by atoms with Gasteiger partial charge in [-0.2, -0.15) is 0 Å². The molecule has 0 heterocycles. The molecule has 1 aromatic carbocycles. The van der Waals surface area contributed by atoms with Gasteiger partial charge in [-0.3, -0.25) is 14.4 Å². The van der Waals surface area contributed by atoms with E-state index in [0.717, 1.165) is 19.3 Å². The average Bonchev–Trinajstić information content (AvgIpc) is 2.70. The van der Waals surface area contributed by atoms with Crippen LogP contribution >= 0.6 is 0 Å². The van der Waals surface area contributed by atoms with E-state index in [-0.39, 0.29) is 6.61 Å². The Morgan fingerprint density at radius 3 is 1.68 bits per heavy atom. The van der Waals surface area contributed by atoms with Gasteiger partial charge in [0.1, 0.15) is 0 Å². The average molecular weight is 310 g/mol. The normalized spacial score (nSPS) is 11.0. The van der Waals surface area contributed by atoms with Gasteiger partial charge in [-0.1, -0.05) is 64.7 Å². The van der Waals surface area contributed by atoms with E-state index < -0.39 is 27.8 Å². The molecule has 5 nitrogen and oxygen atoms in total. The fourth-order valence-electron chi connectivity index (χ4n) is 2.42. The van der Waals surface area contributed by atoms with E-state index in [1.165, 1.54) is 44.9 Å². The van der Waals surface area contributed by atoms with Crippen LogP contribution in [-0.4, -0.2) is 11.7 Å². The van der Waals surface area contributed by atoms with E-state index >= 15 is 0 Å². The third-order valence-corrected chi connectivity index (χ3v) is 3.79. The first-order valence-corrected chi connectivity index (χ1v) is 8.29. The molecule has 1 N–H and O–H groups in total. The van der Waals surface area contributed by atoms with Crippen molar-refractivity contribution in [2.24, 2.45) is 0 Å². The largest absolute Gasteiger partial charge is 0.501 e. The van der Waals surface area contributed by atoms with E-state index in [0.29, 0.717) is 0 Å². The summed E-state index contributed by atoms with van der Waals surface area (Å²) in [7, 11) is 0. The summed E-state index contributed by atoms with van der Waals surface area (Å²) in [5, 5.41) is 9.32. The van der Waals surface area contributed by atoms with Crippen molar-refractivity contribution >= 4 is 0 Å². The molecule has 0 atom stereocenters. The Balaban J connectivity index is 2.07. The SMILES string of the molecule is CCCCCCCCCCCCOc1c(O)c(=O)c(=O)c1=O. The first kappa shape index (κ1) is 18.4. The molecule has 0 amide bonds. The molecule has 1 aromatic rings. The maximum Gasteiger partial charge on any atom is 0.280 e. The summed E-state index contributed by atoms with van der Waals surface area (Å²) in [6.45, 7) is 2.45. The van der Waals surface area contributed by atoms with Gasteiger partial charge in [-0.25, -0.2) is 0 Å². The minimum Gasteiger partial charge on any atom is -0.501 e. The smallest absolute Gasteiger partial charge is 0.280 e. The summed E-state index contributed by atoms with van der Waals surface area (Å²) >= 11 is 0. The number of ether oxygens (including phenoxy) is 1. The van der Waals surface area contributed by atoms with Gasteiger partial charge in [0.05, 0.1) is 6.61 Å². The molecule has 1 rings (SSSR count). The van der Waals surface area contributed by atoms with Gasteiger partial charge >= 0.3 is 0 Å². The van der Waals surface area contributed by atoms with Crippen molar-refractivity contribution in [1.82, 2.24) is 0 Å². The van der Waals surface area contributed by atoms with E-state index in [2.05, 4.69) is 6.92 Å². The molecule has 0 fully saturated rings. The fourth-order valence-corrected chi connectivity index (χ4v) is 2.42. The first-order valence-electron chi connectivity index (χ1n) is 8.29. The summed E-state index contributed by atoms with van der Waals surface area (Å²) in [6.07, 6.45) is 11.8. The number of hydrogen-bond donors (Lipinski definition) is 1. The highest BCUT2D eigenvalue weighted by atomic mass is 16.5. The van der Waals surface area contributed by atoms with Crippen LogP contribution in [0.3, 0.4) is 0 Å². The molecule has 0 aliphatic heterocycles. The van der Waals surface area contributed by atoms with E-state index in [1.807, 2.05) is 0 Å². The lowest BCUT2D eigenvalue weighted by molar-refractivity contribution is 0.287. The summed E-state index contributed by atoms with van der Waals surface area (Å²) in [6, 6.07) is 0. The van der Waals surface area contributed by atoms with Crippen LogP contribution in [0.2, 0.25) is 0 Å². The Morgan fingerprint density at radius 1 is 0.727 bits per heavy atom. The molecule has 124 valence electrons. The molecule has 5 heteroatoms. The van der Waals surface area contributed by atoms with Crippen molar-refractivity contribution in [3.63, 3.8) is 0 Å². The number of rotatable bonds is 12. The van der Waals surface area contributed by atoms with Gasteiger partial charge in [-0.15, -0.1) is 0 Å². The molecule has 0 aliphatic rings. The monoisotopic (exact) mass is 310 g/mol. The second-order valence-electron chi connectivity index (χ2n) is 5.70. The minimum absolute atomic E-state index is 0.238. The van der Waals surface area contributed by atoms with E-state index in [1.54, 1.807) is 0 Å². The predicted octanol–water partition coefficient (Wildman–Crippen LogP) is 2.65. The van der Waals surface area contributed by atoms with Crippen LogP contribution in [0.1, 0.15) is 71.1 Å². The van der Waals surface area contributed by atoms with Crippen LogP contribution < -0.4 is 21.0 Å². The van der Waals surface area contributed by atoms with Crippen LogP contribution in [0, 0.1) is 0 Å². The zero-order valence-corrected chi connectivity index (χ0v) is 13.4. The number of hydrogen-bond acceptors (Lipinski definition) is 5. The van der Waals surface area contributed by atoms with Crippen molar-refractivity contribution in [2.45, 2.75) is 71.1 Å². The zero-order valence-electron chi connectivity index (χ0n) is 13.4. The maximum atomic E-state index is 11.3. The third-order valence-electron chi connectivity index (χ3n) is 3.79. The van der Waals surface area contributed by atoms with Crippen LogP contribution in [0.15, 0.2) is 14.4 Å². The summed E-state index contributed by atoms with van der Waals surface area (Å²) < 4.78 is 5.08. The highest BCUT2D eigenvalue weighted by molar-refractivity contribution is 5.40. The number of aromatic hydroxyl groups is 1. The molecule has 0 bridgehead atoms. The van der Waals surface area contributed by atoms with Gasteiger partial charge in [0.2, 0.25) is 11.5 Å². The van der Waals surface area contributed by atoms with Gasteiger partial charge in [-0.05, 0) is 6.42 Å². The second-order valence-corrected chi connectivity index (χ2v) is 5.70. The third kappa shape index (κ3) is 5.62. The Bertz CT molecular complexity index is 569. The van der Waals surface area contributed by atoms with Gasteiger partial charge in [0, 0.05) is 0 Å². The molecule has 0 radical (unpaired) electrons. The van der Waals surface area contributed by atoms with Crippen LogP contribution in [0.5, 0.6) is 11.5 Å². The summed E-state index contributed by atoms with van der Waals surface area (Å²) in [5.74, 6) is -1.33. The lowest BCUT2D eigenvalue weighted by Crippen LogP contribution is -2.29. The van der Waals surface area contributed by atoms with E-state index in [4.69, 9.17) is 4.74 Å². The molecule has 0 aliphatic carbocycles. The molecular weight excluding hydrogens is 284 g/mol. The quantitative estimate of drug-likeness (QED) is 0.474. The number of unbranched alkanes of at least 4 members (excludes halogenated alkanes) is 9. The van der Waals surface area contributed by atoms with Crippen molar-refractivity contribution in [1.29, 1.82) is 0 Å². The molecule has 0 saturated heterocycles. The Hall–Kier alpha value is -1.65. The lowest BCUT2D eigenvalue weighted by atomic mass is 10.1. The molecule has 0 aromatic heterocycles. The minimum atomic E-state index is -1.21. The van der Waals surface area contributed by atoms with Crippen LogP contribution in [0.25, 0.3) is 0 Å². The highest BCUT2D eigenvalue weighted by Gasteiger charge is 2.20. The Kier molecular flexibility index (Phi) is 8.48. The summed E-state index contributed by atoms with van der Waals surface area (Å²) in [4.78, 5) is 33.4. The second kappa shape index (κ2) is 10.1. The van der Waals surface area contributed by atoms with Crippen LogP contribution in [0.4, 0.5) is 0 Å². The topological polar surface area (TPSA) is 80.7 Å². The first-order chi connectivity index (χ1) is 10.6. The van der Waals surface area contributed by atoms with Crippen molar-refractivity contribution in [2.75, 3.05) is 6.61 Å². The van der Waals surface area contributed by atoms with Crippen molar-refractivity contribution in [3.8, 4) is 11.5 Å². The fraction of sp³-hybridized carbons (Fsp3) is 0.706. The molecule has 0 spiro atoms. The highest BCUT2D eigenvalue weighted by Crippen LogP contribution is 2.15. The molecule has 22 heavy (non-hydrogen) atoms. The maximum absolute atomic E-state index is 11.3. The van der Waals surface area contributed by atoms with Crippen LogP contribution in [-0.2, 0) is 0 Å². The summed E-state index contributed by atoms with van der Waals surface area (Å²) in [5.41, 5.74) is -3.41. The van der Waals surface area contributed by atoms with Crippen molar-refractivity contribution < 1.29 is 9.84 Å². The van der Waals surface area contributed by atoms with Gasteiger partial charge < -0.3 is 9.84 Å². The predicted molar refractivity (Wildman–Crippen MR) is 86.6 cm³/mol.